The molecule has 15 heavy (non-hydrogen) atoms. The first kappa shape index (κ1) is 10.2. The van der Waals surface area contributed by atoms with Gasteiger partial charge in [0.05, 0.1) is 4.88 Å². The Kier molecular flexibility index (Phi) is 3.02. The zero-order chi connectivity index (χ0) is 10.7. The molecule has 2 aromatic heterocycles. The molecule has 1 amide bonds. The molecule has 0 aliphatic rings. The van der Waals surface area contributed by atoms with E-state index >= 15 is 0 Å². The molecule has 0 fully saturated rings. The number of carbonyl (C=O) groups is 1. The molecule has 7 heteroatoms. The van der Waals surface area contributed by atoms with Crippen molar-refractivity contribution in [2.24, 2.45) is 0 Å². The number of thiophene rings is 1. The first-order valence-electron chi connectivity index (χ1n) is 4.11. The van der Waals surface area contributed by atoms with Gasteiger partial charge in [-0.3, -0.25) is 10.1 Å². The summed E-state index contributed by atoms with van der Waals surface area (Å²) in [5, 5.41) is 11.6. The van der Waals surface area contributed by atoms with Crippen LogP contribution in [0.25, 0.3) is 0 Å². The van der Waals surface area contributed by atoms with Gasteiger partial charge in [-0.25, -0.2) is 5.10 Å². The minimum Gasteiger partial charge on any atom is -0.290 e. The molecule has 2 rings (SSSR count). The van der Waals surface area contributed by atoms with E-state index in [-0.39, 0.29) is 5.91 Å². The third-order valence-corrected chi connectivity index (χ3v) is 3.04. The molecule has 0 radical (unpaired) electrons. The van der Waals surface area contributed by atoms with Gasteiger partial charge >= 0.3 is 0 Å². The van der Waals surface area contributed by atoms with Crippen molar-refractivity contribution in [2.75, 3.05) is 11.6 Å². The molecule has 78 valence electrons. The van der Waals surface area contributed by atoms with Crippen molar-refractivity contribution in [3.8, 4) is 0 Å². The summed E-state index contributed by atoms with van der Waals surface area (Å²) >= 11 is 2.80. The molecule has 2 N–H and O–H groups in total. The molecule has 2 aromatic rings. The number of aromatic nitrogens is 3. The molecule has 0 spiro atoms. The van der Waals surface area contributed by atoms with Crippen LogP contribution in [0.3, 0.4) is 0 Å². The van der Waals surface area contributed by atoms with E-state index < -0.39 is 0 Å². The van der Waals surface area contributed by atoms with E-state index in [1.165, 1.54) is 23.1 Å². The van der Waals surface area contributed by atoms with Gasteiger partial charge in [0.1, 0.15) is 0 Å². The van der Waals surface area contributed by atoms with Gasteiger partial charge in [0.2, 0.25) is 11.1 Å². The Balaban J connectivity index is 2.06. The fourth-order valence-electron chi connectivity index (χ4n) is 0.971. The Morgan fingerprint density at radius 1 is 1.67 bits per heavy atom. The second kappa shape index (κ2) is 4.45. The summed E-state index contributed by atoms with van der Waals surface area (Å²) in [5.74, 6) is 0.201. The largest absolute Gasteiger partial charge is 0.290 e. The van der Waals surface area contributed by atoms with Crippen LogP contribution in [0.2, 0.25) is 0 Å². The molecule has 0 aromatic carbocycles. The standard InChI is InChI=1S/C8H8N4OS2/c1-14-8-10-7(11-12-8)9-6(13)5-3-2-4-15-5/h2-4H,1H3,(H2,9,10,11,12,13). The summed E-state index contributed by atoms with van der Waals surface area (Å²) in [6.07, 6.45) is 1.87. The summed E-state index contributed by atoms with van der Waals surface area (Å²) in [7, 11) is 0. The van der Waals surface area contributed by atoms with Gasteiger partial charge in [0.15, 0.2) is 0 Å². The lowest BCUT2D eigenvalue weighted by Crippen LogP contribution is -2.11. The van der Waals surface area contributed by atoms with Crippen LogP contribution in [0, 0.1) is 0 Å². The Hall–Kier alpha value is -1.34. The van der Waals surface area contributed by atoms with E-state index in [1.807, 2.05) is 17.7 Å². The van der Waals surface area contributed by atoms with Crippen LogP contribution in [-0.2, 0) is 0 Å². The summed E-state index contributed by atoms with van der Waals surface area (Å²) in [5.41, 5.74) is 0. The highest BCUT2D eigenvalue weighted by molar-refractivity contribution is 7.98. The Morgan fingerprint density at radius 2 is 2.53 bits per heavy atom. The van der Waals surface area contributed by atoms with Crippen molar-refractivity contribution in [3.05, 3.63) is 22.4 Å². The zero-order valence-electron chi connectivity index (χ0n) is 7.85. The predicted molar refractivity (Wildman–Crippen MR) is 60.4 cm³/mol. The van der Waals surface area contributed by atoms with Crippen molar-refractivity contribution in [1.82, 2.24) is 15.2 Å². The Labute approximate surface area is 94.3 Å². The third kappa shape index (κ3) is 2.37. The van der Waals surface area contributed by atoms with E-state index in [0.29, 0.717) is 16.0 Å². The first-order valence-corrected chi connectivity index (χ1v) is 6.21. The van der Waals surface area contributed by atoms with Crippen LogP contribution in [-0.4, -0.2) is 27.3 Å². The van der Waals surface area contributed by atoms with Crippen LogP contribution in [0.15, 0.2) is 22.7 Å². The zero-order valence-corrected chi connectivity index (χ0v) is 9.48. The monoisotopic (exact) mass is 240 g/mol. The average Bonchev–Trinajstić information content (AvgIpc) is 2.87. The van der Waals surface area contributed by atoms with E-state index in [1.54, 1.807) is 6.07 Å². The van der Waals surface area contributed by atoms with Crippen molar-refractivity contribution >= 4 is 35.0 Å². The van der Waals surface area contributed by atoms with Gasteiger partial charge in [-0.1, -0.05) is 17.8 Å². The lowest BCUT2D eigenvalue weighted by molar-refractivity contribution is 0.102. The molecule has 0 aliphatic carbocycles. The number of hydrogen-bond donors (Lipinski definition) is 2. The molecule has 2 heterocycles. The molecule has 0 unspecified atom stereocenters. The molecule has 5 nitrogen and oxygen atoms in total. The molecular weight excluding hydrogens is 232 g/mol. The van der Waals surface area contributed by atoms with E-state index in [0.717, 1.165) is 0 Å². The number of nitrogens with one attached hydrogen (secondary N) is 2. The maximum absolute atomic E-state index is 11.6. The van der Waals surface area contributed by atoms with E-state index in [2.05, 4.69) is 20.5 Å². The van der Waals surface area contributed by atoms with Crippen molar-refractivity contribution in [1.29, 1.82) is 0 Å². The molecule has 0 saturated carbocycles. The van der Waals surface area contributed by atoms with Gasteiger partial charge in [0, 0.05) is 0 Å². The lowest BCUT2D eigenvalue weighted by Gasteiger charge is -1.96. The molecular formula is C8H8N4OS2. The van der Waals surface area contributed by atoms with Crippen LogP contribution < -0.4 is 5.32 Å². The van der Waals surface area contributed by atoms with Gasteiger partial charge in [-0.05, 0) is 17.7 Å². The average molecular weight is 240 g/mol. The fraction of sp³-hybridized carbons (Fsp3) is 0.125. The van der Waals surface area contributed by atoms with Gasteiger partial charge in [0.25, 0.3) is 5.91 Å². The third-order valence-electron chi connectivity index (χ3n) is 1.62. The summed E-state index contributed by atoms with van der Waals surface area (Å²) < 4.78 is 0. The molecule has 0 atom stereocenters. The normalized spacial score (nSPS) is 10.2. The Bertz CT molecular complexity index is 451. The van der Waals surface area contributed by atoms with Gasteiger partial charge in [-0.2, -0.15) is 4.98 Å². The van der Waals surface area contributed by atoms with Crippen LogP contribution in [0.1, 0.15) is 9.67 Å². The number of carbonyl (C=O) groups excluding carboxylic acids is 1. The number of aromatic amines is 1. The lowest BCUT2D eigenvalue weighted by atomic mass is 10.4. The second-order valence-electron chi connectivity index (χ2n) is 2.60. The van der Waals surface area contributed by atoms with E-state index in [4.69, 9.17) is 0 Å². The summed E-state index contributed by atoms with van der Waals surface area (Å²) in [4.78, 5) is 16.3. The summed E-state index contributed by atoms with van der Waals surface area (Å²) in [6.45, 7) is 0. The first-order chi connectivity index (χ1) is 7.29. The van der Waals surface area contributed by atoms with Crippen LogP contribution in [0.4, 0.5) is 5.95 Å². The minimum atomic E-state index is -0.172. The number of nitrogens with zero attached hydrogens (tertiary/aromatic N) is 2. The predicted octanol–water partition coefficient (Wildman–Crippen LogP) is 1.84. The molecule has 0 aliphatic heterocycles. The topological polar surface area (TPSA) is 70.7 Å². The number of H-pyrrole nitrogens is 1. The van der Waals surface area contributed by atoms with Crippen molar-refractivity contribution < 1.29 is 4.79 Å². The number of rotatable bonds is 3. The van der Waals surface area contributed by atoms with Crippen LogP contribution in [0.5, 0.6) is 0 Å². The highest BCUT2D eigenvalue weighted by Crippen LogP contribution is 2.12. The maximum atomic E-state index is 11.6. The highest BCUT2D eigenvalue weighted by atomic mass is 32.2. The second-order valence-corrected chi connectivity index (χ2v) is 4.32. The number of amides is 1. The van der Waals surface area contributed by atoms with Crippen LogP contribution >= 0.6 is 23.1 Å². The van der Waals surface area contributed by atoms with Crippen molar-refractivity contribution in [2.45, 2.75) is 5.16 Å². The highest BCUT2D eigenvalue weighted by Gasteiger charge is 2.09. The molecule has 0 bridgehead atoms. The van der Waals surface area contributed by atoms with Gasteiger partial charge < -0.3 is 0 Å². The smallest absolute Gasteiger partial charge is 0.268 e. The quantitative estimate of drug-likeness (QED) is 0.803. The minimum absolute atomic E-state index is 0.172. The van der Waals surface area contributed by atoms with Gasteiger partial charge in [-0.15, -0.1) is 16.4 Å². The van der Waals surface area contributed by atoms with Crippen molar-refractivity contribution in [3.63, 3.8) is 0 Å². The number of anilines is 1. The van der Waals surface area contributed by atoms with E-state index in [9.17, 15) is 4.79 Å². The fourth-order valence-corrected chi connectivity index (χ4v) is 1.91. The Morgan fingerprint density at radius 3 is 3.13 bits per heavy atom. The number of hydrogen-bond acceptors (Lipinski definition) is 5. The number of thioether (sulfide) groups is 1. The SMILES string of the molecule is CSc1n[nH]c(NC(=O)c2cccs2)n1. The maximum Gasteiger partial charge on any atom is 0.268 e. The molecule has 0 saturated heterocycles. The summed E-state index contributed by atoms with van der Waals surface area (Å²) in [6, 6.07) is 3.58.